The Balaban J connectivity index is 1.32. The first kappa shape index (κ1) is 23.0. The van der Waals surface area contributed by atoms with Crippen molar-refractivity contribution in [3.8, 4) is 5.75 Å². The lowest BCUT2D eigenvalue weighted by Crippen LogP contribution is -2.27. The van der Waals surface area contributed by atoms with E-state index in [-0.39, 0.29) is 0 Å². The van der Waals surface area contributed by atoms with E-state index >= 15 is 0 Å². The molecule has 0 radical (unpaired) electrons. The summed E-state index contributed by atoms with van der Waals surface area (Å²) in [5, 5.41) is 6.88. The number of unbranched alkanes of at least 4 members (excludes halogenated alkanes) is 2. The predicted octanol–water partition coefficient (Wildman–Crippen LogP) is 3.44. The molecule has 3 rings (SSSR count). The van der Waals surface area contributed by atoms with Gasteiger partial charge in [0.2, 0.25) is 0 Å². The highest BCUT2D eigenvalue weighted by Crippen LogP contribution is 2.24. The fourth-order valence-electron chi connectivity index (χ4n) is 3.20. The van der Waals surface area contributed by atoms with E-state index in [1.54, 1.807) is 12.4 Å². The molecule has 2 aromatic rings. The van der Waals surface area contributed by atoms with Gasteiger partial charge in [-0.2, -0.15) is 0 Å². The van der Waals surface area contributed by atoms with E-state index in [0.29, 0.717) is 13.2 Å². The lowest BCUT2D eigenvalue weighted by Gasteiger charge is -2.18. The third-order valence-corrected chi connectivity index (χ3v) is 6.43. The molecule has 168 valence electrons. The number of ether oxygens (including phenoxy) is 1. The molecule has 9 heteroatoms. The minimum absolute atomic E-state index is 0.561. The molecule has 1 saturated heterocycles. The summed E-state index contributed by atoms with van der Waals surface area (Å²) >= 11 is -1.14. The standard InChI is InChI=1S/C22H31N5O3S/c1-3-30-25-18-19-7-9-21(10-8-19)29-16-6-4-5-13-26-14-15-27(31(26)28)20-11-12-24-22(17-20)23-2/h7-12,17-18H,3-6,13-16H2,1-2H3,(H,23,24)/b25-18+. The van der Waals surface area contributed by atoms with Gasteiger partial charge in [-0.1, -0.05) is 5.16 Å². The van der Waals surface area contributed by atoms with E-state index in [0.717, 1.165) is 61.7 Å². The Labute approximate surface area is 187 Å². The topological polar surface area (TPSA) is 79.3 Å². The summed E-state index contributed by atoms with van der Waals surface area (Å²) < 4.78 is 22.6. The summed E-state index contributed by atoms with van der Waals surface area (Å²) in [5.41, 5.74) is 1.91. The Morgan fingerprint density at radius 3 is 2.81 bits per heavy atom. The maximum Gasteiger partial charge on any atom is 0.199 e. The summed E-state index contributed by atoms with van der Waals surface area (Å²) in [4.78, 5) is 9.18. The van der Waals surface area contributed by atoms with Gasteiger partial charge < -0.3 is 14.9 Å². The van der Waals surface area contributed by atoms with Crippen molar-refractivity contribution in [3.63, 3.8) is 0 Å². The highest BCUT2D eigenvalue weighted by Gasteiger charge is 2.28. The minimum atomic E-state index is -1.14. The van der Waals surface area contributed by atoms with Crippen molar-refractivity contribution in [2.45, 2.75) is 26.2 Å². The molecule has 0 amide bonds. The molecule has 31 heavy (non-hydrogen) atoms. The highest BCUT2D eigenvalue weighted by atomic mass is 32.2. The molecule has 1 aliphatic heterocycles. The quantitative estimate of drug-likeness (QED) is 0.308. The lowest BCUT2D eigenvalue weighted by atomic mass is 10.2. The van der Waals surface area contributed by atoms with Crippen molar-refractivity contribution in [1.82, 2.24) is 9.29 Å². The fourth-order valence-corrected chi connectivity index (χ4v) is 4.53. The Morgan fingerprint density at radius 2 is 2.03 bits per heavy atom. The average molecular weight is 446 g/mol. The van der Waals surface area contributed by atoms with Crippen LogP contribution in [0.1, 0.15) is 31.7 Å². The van der Waals surface area contributed by atoms with Gasteiger partial charge in [0, 0.05) is 38.9 Å². The van der Waals surface area contributed by atoms with E-state index in [1.807, 2.05) is 59.0 Å². The molecule has 1 fully saturated rings. The van der Waals surface area contributed by atoms with Crippen molar-refractivity contribution >= 4 is 28.9 Å². The SMILES string of the molecule is CCO/N=C/c1ccc(OCCCCCN2CCN(c3ccnc(NC)c3)S2=O)cc1. The van der Waals surface area contributed by atoms with Crippen molar-refractivity contribution in [2.75, 3.05) is 49.5 Å². The zero-order valence-corrected chi connectivity index (χ0v) is 19.0. The fraction of sp³-hybridized carbons (Fsp3) is 0.455. The van der Waals surface area contributed by atoms with E-state index < -0.39 is 11.2 Å². The molecule has 2 heterocycles. The summed E-state index contributed by atoms with van der Waals surface area (Å²) in [5.74, 6) is 1.63. The number of hydrogen-bond acceptors (Lipinski definition) is 6. The van der Waals surface area contributed by atoms with Crippen molar-refractivity contribution in [3.05, 3.63) is 48.2 Å². The van der Waals surface area contributed by atoms with Crippen molar-refractivity contribution in [1.29, 1.82) is 0 Å². The minimum Gasteiger partial charge on any atom is -0.494 e. The molecule has 0 aliphatic carbocycles. The molecule has 1 unspecified atom stereocenters. The van der Waals surface area contributed by atoms with Crippen LogP contribution in [0.25, 0.3) is 0 Å². The summed E-state index contributed by atoms with van der Waals surface area (Å²) in [6.07, 6.45) is 6.42. The molecule has 1 atom stereocenters. The van der Waals surface area contributed by atoms with Gasteiger partial charge in [-0.25, -0.2) is 13.5 Å². The van der Waals surface area contributed by atoms with Crippen molar-refractivity contribution < 1.29 is 13.8 Å². The molecular weight excluding hydrogens is 414 g/mol. The second-order valence-corrected chi connectivity index (χ2v) is 8.46. The zero-order chi connectivity index (χ0) is 21.9. The number of oxime groups is 1. The molecule has 0 spiro atoms. The van der Waals surface area contributed by atoms with Crippen LogP contribution in [0.3, 0.4) is 0 Å². The largest absolute Gasteiger partial charge is 0.494 e. The number of nitrogens with one attached hydrogen (secondary N) is 1. The molecular formula is C22H31N5O3S. The molecule has 0 bridgehead atoms. The van der Waals surface area contributed by atoms with Gasteiger partial charge in [-0.15, -0.1) is 0 Å². The molecule has 1 aliphatic rings. The van der Waals surface area contributed by atoms with Crippen LogP contribution in [0.5, 0.6) is 5.75 Å². The number of anilines is 2. The van der Waals surface area contributed by atoms with Crippen LogP contribution in [-0.2, 0) is 16.0 Å². The summed E-state index contributed by atoms with van der Waals surface area (Å²) in [6.45, 7) is 5.52. The summed E-state index contributed by atoms with van der Waals surface area (Å²) in [7, 11) is 1.83. The van der Waals surface area contributed by atoms with E-state index in [9.17, 15) is 4.21 Å². The number of benzene rings is 1. The monoisotopic (exact) mass is 445 g/mol. The first-order valence-corrected chi connectivity index (χ1v) is 11.7. The smallest absolute Gasteiger partial charge is 0.199 e. The first-order chi connectivity index (χ1) is 15.2. The van der Waals surface area contributed by atoms with Crippen molar-refractivity contribution in [2.24, 2.45) is 5.16 Å². The molecule has 1 aromatic heterocycles. The lowest BCUT2D eigenvalue weighted by molar-refractivity contribution is 0.160. The summed E-state index contributed by atoms with van der Waals surface area (Å²) in [6, 6.07) is 11.6. The van der Waals surface area contributed by atoms with Gasteiger partial charge in [-0.05, 0) is 62.1 Å². The van der Waals surface area contributed by atoms with Gasteiger partial charge in [0.25, 0.3) is 0 Å². The second kappa shape index (κ2) is 12.3. The van der Waals surface area contributed by atoms with Crippen LogP contribution in [0, 0.1) is 0 Å². The van der Waals surface area contributed by atoms with Gasteiger partial charge in [0.05, 0.1) is 18.5 Å². The van der Waals surface area contributed by atoms with Crippen LogP contribution < -0.4 is 14.4 Å². The van der Waals surface area contributed by atoms with E-state index in [4.69, 9.17) is 9.57 Å². The predicted molar refractivity (Wildman–Crippen MR) is 126 cm³/mol. The number of nitrogens with zero attached hydrogens (tertiary/aromatic N) is 4. The number of pyridine rings is 1. The normalized spacial score (nSPS) is 16.7. The maximum atomic E-state index is 12.8. The van der Waals surface area contributed by atoms with Gasteiger partial charge in [0.15, 0.2) is 11.2 Å². The third-order valence-electron chi connectivity index (χ3n) is 4.86. The Bertz CT molecular complexity index is 862. The van der Waals surface area contributed by atoms with Gasteiger partial charge in [-0.3, -0.25) is 4.31 Å². The molecule has 0 saturated carbocycles. The Kier molecular flexibility index (Phi) is 9.11. The number of rotatable bonds is 12. The number of aromatic nitrogens is 1. The Hall–Kier alpha value is -2.65. The van der Waals surface area contributed by atoms with E-state index in [2.05, 4.69) is 15.5 Å². The number of hydrogen-bond donors (Lipinski definition) is 1. The van der Waals surface area contributed by atoms with Crippen LogP contribution in [0.15, 0.2) is 47.8 Å². The second-order valence-electron chi connectivity index (χ2n) is 7.04. The maximum absolute atomic E-state index is 12.8. The van der Waals surface area contributed by atoms with Crippen LogP contribution in [0.4, 0.5) is 11.5 Å². The average Bonchev–Trinajstić information content (AvgIpc) is 3.17. The molecule has 1 aromatic carbocycles. The van der Waals surface area contributed by atoms with Gasteiger partial charge >= 0.3 is 0 Å². The van der Waals surface area contributed by atoms with E-state index in [1.165, 1.54) is 0 Å². The highest BCUT2D eigenvalue weighted by molar-refractivity contribution is 7.84. The van der Waals surface area contributed by atoms with Gasteiger partial charge in [0.1, 0.15) is 18.2 Å². The van der Waals surface area contributed by atoms with Crippen LogP contribution in [-0.4, -0.2) is 59.6 Å². The van der Waals surface area contributed by atoms with Crippen LogP contribution >= 0.6 is 0 Å². The zero-order valence-electron chi connectivity index (χ0n) is 18.2. The Morgan fingerprint density at radius 1 is 1.19 bits per heavy atom. The third kappa shape index (κ3) is 6.93. The first-order valence-electron chi connectivity index (χ1n) is 10.7. The molecule has 8 nitrogen and oxygen atoms in total. The van der Waals surface area contributed by atoms with Crippen LogP contribution in [0.2, 0.25) is 0 Å². The molecule has 1 N–H and O–H groups in total.